The molecule has 0 aromatic carbocycles. The number of ether oxygens (including phenoxy) is 1. The maximum Gasteiger partial charge on any atom is 0.223 e. The molecule has 0 aliphatic heterocycles. The molecule has 0 bridgehead atoms. The van der Waals surface area contributed by atoms with Gasteiger partial charge >= 0.3 is 0 Å². The number of carbonyl (C=O) groups is 1. The highest BCUT2D eigenvalue weighted by molar-refractivity contribution is 5.79. The van der Waals surface area contributed by atoms with E-state index in [4.69, 9.17) is 10.5 Å². The molecule has 0 spiro atoms. The summed E-state index contributed by atoms with van der Waals surface area (Å²) in [5.41, 5.74) is 5.65. The van der Waals surface area contributed by atoms with Gasteiger partial charge in [-0.1, -0.05) is 13.0 Å². The van der Waals surface area contributed by atoms with Crippen LogP contribution in [0.4, 0.5) is 0 Å². The van der Waals surface area contributed by atoms with Crippen LogP contribution in [-0.4, -0.2) is 25.6 Å². The predicted octanol–water partition coefficient (Wildman–Crippen LogP) is 1.03. The molecule has 2 atom stereocenters. The van der Waals surface area contributed by atoms with Crippen LogP contribution < -0.4 is 11.1 Å². The quantitative estimate of drug-likeness (QED) is 0.503. The van der Waals surface area contributed by atoms with E-state index >= 15 is 0 Å². The summed E-state index contributed by atoms with van der Waals surface area (Å²) < 4.78 is 4.98. The van der Waals surface area contributed by atoms with Crippen LogP contribution in [0.3, 0.4) is 0 Å². The molecule has 1 amide bonds. The van der Waals surface area contributed by atoms with Gasteiger partial charge < -0.3 is 15.8 Å². The molecule has 1 saturated carbocycles. The lowest BCUT2D eigenvalue weighted by Gasteiger charge is -2.17. The first kappa shape index (κ1) is 13.0. The molecule has 1 aliphatic carbocycles. The Morgan fingerprint density at radius 3 is 3.06 bits per heavy atom. The lowest BCUT2D eigenvalue weighted by atomic mass is 9.95. The number of carbonyl (C=O) groups excluding carboxylic acids is 1. The third kappa shape index (κ3) is 3.85. The van der Waals surface area contributed by atoms with Gasteiger partial charge in [0.15, 0.2) is 0 Å². The van der Waals surface area contributed by atoms with Crippen LogP contribution >= 0.6 is 0 Å². The summed E-state index contributed by atoms with van der Waals surface area (Å²) in [6, 6.07) is 0. The second kappa shape index (κ2) is 7.28. The Balaban J connectivity index is 2.16. The van der Waals surface area contributed by atoms with E-state index in [1.807, 2.05) is 0 Å². The van der Waals surface area contributed by atoms with Crippen molar-refractivity contribution in [1.29, 1.82) is 0 Å². The zero-order valence-electron chi connectivity index (χ0n) is 9.78. The Bertz CT molecular complexity index is 231. The fraction of sp³-hybridized carbons (Fsp3) is 0.750. The van der Waals surface area contributed by atoms with E-state index in [9.17, 15) is 4.79 Å². The van der Waals surface area contributed by atoms with Crippen LogP contribution in [0, 0.1) is 11.8 Å². The second-order valence-electron chi connectivity index (χ2n) is 4.22. The fourth-order valence-electron chi connectivity index (χ4n) is 2.25. The zero-order chi connectivity index (χ0) is 11.8. The van der Waals surface area contributed by atoms with Crippen LogP contribution in [0.1, 0.15) is 25.7 Å². The molecule has 1 rings (SSSR count). The van der Waals surface area contributed by atoms with Crippen LogP contribution in [0.5, 0.6) is 0 Å². The van der Waals surface area contributed by atoms with Crippen molar-refractivity contribution in [1.82, 2.24) is 5.32 Å². The summed E-state index contributed by atoms with van der Waals surface area (Å²) in [6.45, 7) is 5.35. The van der Waals surface area contributed by atoms with Gasteiger partial charge in [0, 0.05) is 12.5 Å². The Morgan fingerprint density at radius 2 is 2.38 bits per heavy atom. The van der Waals surface area contributed by atoms with Gasteiger partial charge in [0.05, 0.1) is 12.9 Å². The molecule has 16 heavy (non-hydrogen) atoms. The van der Waals surface area contributed by atoms with Crippen LogP contribution in [-0.2, 0) is 9.53 Å². The summed E-state index contributed by atoms with van der Waals surface area (Å²) in [7, 11) is 0. The van der Waals surface area contributed by atoms with Gasteiger partial charge in [-0.2, -0.15) is 0 Å². The van der Waals surface area contributed by atoms with Gasteiger partial charge in [-0.25, -0.2) is 0 Å². The number of hydrogen-bond acceptors (Lipinski definition) is 3. The molecule has 0 aromatic heterocycles. The lowest BCUT2D eigenvalue weighted by molar-refractivity contribution is -0.125. The molecule has 4 nitrogen and oxygen atoms in total. The summed E-state index contributed by atoms with van der Waals surface area (Å²) >= 11 is 0. The molecular formula is C12H22N2O2. The van der Waals surface area contributed by atoms with E-state index in [2.05, 4.69) is 11.9 Å². The SMILES string of the molecule is C=COCCCNC(=O)C1CCCC1CN. The van der Waals surface area contributed by atoms with Crippen molar-refractivity contribution in [3.05, 3.63) is 12.8 Å². The molecule has 1 aliphatic rings. The number of amides is 1. The highest BCUT2D eigenvalue weighted by Gasteiger charge is 2.31. The van der Waals surface area contributed by atoms with E-state index in [1.165, 1.54) is 6.26 Å². The minimum atomic E-state index is 0.130. The van der Waals surface area contributed by atoms with Gasteiger partial charge in [-0.05, 0) is 31.7 Å². The molecule has 92 valence electrons. The van der Waals surface area contributed by atoms with Crippen LogP contribution in [0.15, 0.2) is 12.8 Å². The summed E-state index contributed by atoms with van der Waals surface area (Å²) in [5.74, 6) is 0.668. The monoisotopic (exact) mass is 226 g/mol. The molecule has 0 heterocycles. The first-order chi connectivity index (χ1) is 7.79. The first-order valence-corrected chi connectivity index (χ1v) is 6.00. The van der Waals surface area contributed by atoms with E-state index < -0.39 is 0 Å². The summed E-state index contributed by atoms with van der Waals surface area (Å²) in [4.78, 5) is 11.8. The maximum atomic E-state index is 11.8. The minimum absolute atomic E-state index is 0.130. The third-order valence-electron chi connectivity index (χ3n) is 3.15. The maximum absolute atomic E-state index is 11.8. The highest BCUT2D eigenvalue weighted by atomic mass is 16.5. The number of rotatable bonds is 7. The van der Waals surface area contributed by atoms with Gasteiger partial charge in [0.1, 0.15) is 0 Å². The second-order valence-corrected chi connectivity index (χ2v) is 4.22. The van der Waals surface area contributed by atoms with E-state index in [0.717, 1.165) is 25.7 Å². The minimum Gasteiger partial charge on any atom is -0.502 e. The van der Waals surface area contributed by atoms with Crippen molar-refractivity contribution in [2.45, 2.75) is 25.7 Å². The van der Waals surface area contributed by atoms with Gasteiger partial charge in [0.2, 0.25) is 5.91 Å². The largest absolute Gasteiger partial charge is 0.502 e. The first-order valence-electron chi connectivity index (χ1n) is 6.00. The van der Waals surface area contributed by atoms with Gasteiger partial charge in [-0.3, -0.25) is 4.79 Å². The highest BCUT2D eigenvalue weighted by Crippen LogP contribution is 2.30. The molecule has 4 heteroatoms. The van der Waals surface area contributed by atoms with Crippen LogP contribution in [0.25, 0.3) is 0 Å². The number of hydrogen-bond donors (Lipinski definition) is 2. The molecular weight excluding hydrogens is 204 g/mol. The van der Waals surface area contributed by atoms with Crippen molar-refractivity contribution in [3.63, 3.8) is 0 Å². The Labute approximate surface area is 97.2 Å². The molecule has 3 N–H and O–H groups in total. The van der Waals surface area contributed by atoms with E-state index in [0.29, 0.717) is 25.6 Å². The molecule has 1 fully saturated rings. The van der Waals surface area contributed by atoms with Crippen LogP contribution in [0.2, 0.25) is 0 Å². The lowest BCUT2D eigenvalue weighted by Crippen LogP contribution is -2.35. The van der Waals surface area contributed by atoms with Crippen molar-refractivity contribution in [3.8, 4) is 0 Å². The van der Waals surface area contributed by atoms with E-state index in [1.54, 1.807) is 0 Å². The topological polar surface area (TPSA) is 64.3 Å². The summed E-state index contributed by atoms with van der Waals surface area (Å²) in [5, 5.41) is 2.94. The predicted molar refractivity (Wildman–Crippen MR) is 63.7 cm³/mol. The average Bonchev–Trinajstić information content (AvgIpc) is 2.76. The normalized spacial score (nSPS) is 24.1. The number of nitrogens with two attached hydrogens (primary N) is 1. The molecule has 2 unspecified atom stereocenters. The standard InChI is InChI=1S/C12H22N2O2/c1-2-16-8-4-7-14-12(15)11-6-3-5-10(11)9-13/h2,10-11H,1,3-9,13H2,(H,14,15). The smallest absolute Gasteiger partial charge is 0.223 e. The van der Waals surface area contributed by atoms with E-state index in [-0.39, 0.29) is 11.8 Å². The molecule has 0 aromatic rings. The average molecular weight is 226 g/mol. The zero-order valence-corrected chi connectivity index (χ0v) is 9.78. The Morgan fingerprint density at radius 1 is 1.56 bits per heavy atom. The molecule has 0 saturated heterocycles. The fourth-order valence-corrected chi connectivity index (χ4v) is 2.25. The molecule has 0 radical (unpaired) electrons. The van der Waals surface area contributed by atoms with Crippen molar-refractivity contribution in [2.24, 2.45) is 17.6 Å². The van der Waals surface area contributed by atoms with Gasteiger partial charge in [0.25, 0.3) is 0 Å². The number of nitrogens with one attached hydrogen (secondary N) is 1. The van der Waals surface area contributed by atoms with Gasteiger partial charge in [-0.15, -0.1) is 0 Å². The summed E-state index contributed by atoms with van der Waals surface area (Å²) in [6.07, 6.45) is 5.44. The third-order valence-corrected chi connectivity index (χ3v) is 3.15. The Kier molecular flexibility index (Phi) is 5.93. The van der Waals surface area contributed by atoms with Crippen molar-refractivity contribution < 1.29 is 9.53 Å². The Hall–Kier alpha value is -1.03. The van der Waals surface area contributed by atoms with Crippen molar-refractivity contribution in [2.75, 3.05) is 19.7 Å². The van der Waals surface area contributed by atoms with Crippen molar-refractivity contribution >= 4 is 5.91 Å².